The summed E-state index contributed by atoms with van der Waals surface area (Å²) in [5.41, 5.74) is 0.812. The fourth-order valence-corrected chi connectivity index (χ4v) is 2.48. The van der Waals surface area contributed by atoms with Gasteiger partial charge in [-0.15, -0.1) is 0 Å². The molecule has 1 aromatic rings. The van der Waals surface area contributed by atoms with Gasteiger partial charge in [-0.1, -0.05) is 6.07 Å². The minimum absolute atomic E-state index is 0.0280. The molecule has 0 bridgehead atoms. The van der Waals surface area contributed by atoms with Crippen molar-refractivity contribution in [3.05, 3.63) is 30.1 Å². The van der Waals surface area contributed by atoms with Gasteiger partial charge in [0.25, 0.3) is 0 Å². The Hall–Kier alpha value is -1.91. The van der Waals surface area contributed by atoms with Gasteiger partial charge in [0.05, 0.1) is 12.2 Å². The van der Waals surface area contributed by atoms with Crippen LogP contribution in [0.2, 0.25) is 0 Å². The summed E-state index contributed by atoms with van der Waals surface area (Å²) in [5, 5.41) is 2.84. The number of pyridine rings is 1. The molecule has 0 radical (unpaired) electrons. The maximum Gasteiger partial charge on any atom is 0.246 e. The third-order valence-corrected chi connectivity index (χ3v) is 3.85. The topological polar surface area (TPSA) is 62.3 Å². The molecule has 1 saturated heterocycles. The molecule has 19 heavy (non-hydrogen) atoms. The Bertz CT molecular complexity index is 499. The monoisotopic (exact) mass is 259 g/mol. The van der Waals surface area contributed by atoms with Crippen molar-refractivity contribution in [3.63, 3.8) is 0 Å². The summed E-state index contributed by atoms with van der Waals surface area (Å²) in [5.74, 6) is 0.294. The summed E-state index contributed by atoms with van der Waals surface area (Å²) < 4.78 is 0. The Morgan fingerprint density at radius 2 is 2.16 bits per heavy atom. The van der Waals surface area contributed by atoms with Gasteiger partial charge in [-0.05, 0) is 37.8 Å². The molecule has 5 heteroatoms. The van der Waals surface area contributed by atoms with Crippen molar-refractivity contribution in [1.29, 1.82) is 0 Å². The highest BCUT2D eigenvalue weighted by Gasteiger charge is 2.45. The molecule has 1 aromatic heterocycles. The molecule has 2 aliphatic rings. The molecule has 2 atom stereocenters. The van der Waals surface area contributed by atoms with Gasteiger partial charge in [0.2, 0.25) is 11.8 Å². The summed E-state index contributed by atoms with van der Waals surface area (Å²) in [6, 6.07) is 4.85. The standard InChI is InChI=1S/C14H17N3O2/c1-9-13(18)16-12(10-5-6-10)14(19)17(9)8-11-4-2-3-7-15-11/h2-4,7,9-10,12H,5-6,8H2,1H3,(H,16,18). The van der Waals surface area contributed by atoms with E-state index in [2.05, 4.69) is 10.3 Å². The molecule has 1 aliphatic heterocycles. The first-order chi connectivity index (χ1) is 9.16. The number of amides is 2. The number of hydrogen-bond donors (Lipinski definition) is 1. The first-order valence-electron chi connectivity index (χ1n) is 6.67. The Kier molecular flexibility index (Phi) is 2.97. The third-order valence-electron chi connectivity index (χ3n) is 3.85. The average molecular weight is 259 g/mol. The number of carbonyl (C=O) groups is 2. The Balaban J connectivity index is 1.80. The molecule has 2 heterocycles. The van der Waals surface area contributed by atoms with E-state index in [1.165, 1.54) is 0 Å². The number of rotatable bonds is 3. The van der Waals surface area contributed by atoms with Gasteiger partial charge in [0.15, 0.2) is 0 Å². The van der Waals surface area contributed by atoms with Gasteiger partial charge >= 0.3 is 0 Å². The largest absolute Gasteiger partial charge is 0.342 e. The second-order valence-corrected chi connectivity index (χ2v) is 5.29. The smallest absolute Gasteiger partial charge is 0.246 e. The molecule has 5 nitrogen and oxygen atoms in total. The van der Waals surface area contributed by atoms with Crippen LogP contribution in [-0.2, 0) is 16.1 Å². The number of carbonyl (C=O) groups excluding carboxylic acids is 2. The molecule has 2 unspecified atom stereocenters. The minimum Gasteiger partial charge on any atom is -0.342 e. The van der Waals surface area contributed by atoms with Crippen molar-refractivity contribution in [3.8, 4) is 0 Å². The van der Waals surface area contributed by atoms with Crippen LogP contribution >= 0.6 is 0 Å². The van der Waals surface area contributed by atoms with Gasteiger partial charge < -0.3 is 10.2 Å². The van der Waals surface area contributed by atoms with E-state index >= 15 is 0 Å². The Morgan fingerprint density at radius 3 is 2.79 bits per heavy atom. The molecular weight excluding hydrogens is 242 g/mol. The van der Waals surface area contributed by atoms with Crippen LogP contribution in [0.15, 0.2) is 24.4 Å². The predicted molar refractivity (Wildman–Crippen MR) is 68.9 cm³/mol. The third kappa shape index (κ3) is 2.32. The summed E-state index contributed by atoms with van der Waals surface area (Å²) >= 11 is 0. The quantitative estimate of drug-likeness (QED) is 0.869. The van der Waals surface area contributed by atoms with Crippen LogP contribution < -0.4 is 5.32 Å². The maximum atomic E-state index is 12.5. The van der Waals surface area contributed by atoms with Crippen molar-refractivity contribution < 1.29 is 9.59 Å². The van der Waals surface area contributed by atoms with Crippen LogP contribution in [0.5, 0.6) is 0 Å². The second-order valence-electron chi connectivity index (χ2n) is 5.29. The van der Waals surface area contributed by atoms with Crippen LogP contribution in [0.25, 0.3) is 0 Å². The van der Waals surface area contributed by atoms with Crippen molar-refractivity contribution in [2.24, 2.45) is 5.92 Å². The van der Waals surface area contributed by atoms with E-state index in [1.807, 2.05) is 18.2 Å². The average Bonchev–Trinajstić information content (AvgIpc) is 3.24. The minimum atomic E-state index is -0.426. The molecule has 0 aromatic carbocycles. The molecule has 1 N–H and O–H groups in total. The highest BCUT2D eigenvalue weighted by Crippen LogP contribution is 2.35. The number of aromatic nitrogens is 1. The number of hydrogen-bond acceptors (Lipinski definition) is 3. The SMILES string of the molecule is CC1C(=O)NC(C2CC2)C(=O)N1Cc1ccccn1. The molecule has 2 amide bonds. The lowest BCUT2D eigenvalue weighted by molar-refractivity contribution is -0.150. The van der Waals surface area contributed by atoms with Crippen LogP contribution in [-0.4, -0.2) is 33.8 Å². The van der Waals surface area contributed by atoms with Gasteiger partial charge in [-0.2, -0.15) is 0 Å². The van der Waals surface area contributed by atoms with Crippen LogP contribution in [0.1, 0.15) is 25.5 Å². The molecule has 0 spiro atoms. The summed E-state index contributed by atoms with van der Waals surface area (Å²) in [6.45, 7) is 2.16. The lowest BCUT2D eigenvalue weighted by Gasteiger charge is -2.37. The van der Waals surface area contributed by atoms with Crippen LogP contribution in [0, 0.1) is 5.92 Å². The van der Waals surface area contributed by atoms with Gasteiger partial charge in [-0.25, -0.2) is 0 Å². The van der Waals surface area contributed by atoms with Crippen molar-refractivity contribution in [2.75, 3.05) is 0 Å². The van der Waals surface area contributed by atoms with Crippen molar-refractivity contribution >= 4 is 11.8 Å². The maximum absolute atomic E-state index is 12.5. The molecule has 1 aliphatic carbocycles. The lowest BCUT2D eigenvalue weighted by Crippen LogP contribution is -2.62. The molecule has 3 rings (SSSR count). The zero-order valence-electron chi connectivity index (χ0n) is 10.9. The Labute approximate surface area is 112 Å². The molecule has 2 fully saturated rings. The van der Waals surface area contributed by atoms with Crippen LogP contribution in [0.4, 0.5) is 0 Å². The molecule has 100 valence electrons. The van der Waals surface area contributed by atoms with Crippen LogP contribution in [0.3, 0.4) is 0 Å². The highest BCUT2D eigenvalue weighted by molar-refractivity contribution is 5.97. The fourth-order valence-electron chi connectivity index (χ4n) is 2.48. The first kappa shape index (κ1) is 12.1. The zero-order valence-corrected chi connectivity index (χ0v) is 10.9. The number of nitrogens with one attached hydrogen (secondary N) is 1. The summed E-state index contributed by atoms with van der Waals surface area (Å²) in [7, 11) is 0. The van der Waals surface area contributed by atoms with E-state index in [9.17, 15) is 9.59 Å². The summed E-state index contributed by atoms with van der Waals surface area (Å²) in [6.07, 6.45) is 3.76. The second kappa shape index (κ2) is 4.64. The van der Waals surface area contributed by atoms with Crippen molar-refractivity contribution in [1.82, 2.24) is 15.2 Å². The normalized spacial score (nSPS) is 27.3. The predicted octanol–water partition coefficient (Wildman–Crippen LogP) is 0.707. The van der Waals surface area contributed by atoms with Gasteiger partial charge in [0, 0.05) is 6.20 Å². The van der Waals surface area contributed by atoms with E-state index in [0.717, 1.165) is 18.5 Å². The van der Waals surface area contributed by atoms with E-state index < -0.39 is 6.04 Å². The number of nitrogens with zero attached hydrogens (tertiary/aromatic N) is 2. The highest BCUT2D eigenvalue weighted by atomic mass is 16.2. The van der Waals surface area contributed by atoms with E-state index in [1.54, 1.807) is 18.0 Å². The van der Waals surface area contributed by atoms with E-state index in [0.29, 0.717) is 12.5 Å². The molecular formula is C14H17N3O2. The Morgan fingerprint density at radius 1 is 1.37 bits per heavy atom. The first-order valence-corrected chi connectivity index (χ1v) is 6.67. The zero-order chi connectivity index (χ0) is 13.4. The van der Waals surface area contributed by atoms with Gasteiger partial charge in [-0.3, -0.25) is 14.6 Å². The lowest BCUT2D eigenvalue weighted by atomic mass is 10.0. The van der Waals surface area contributed by atoms with Gasteiger partial charge in [0.1, 0.15) is 12.1 Å². The van der Waals surface area contributed by atoms with E-state index in [-0.39, 0.29) is 17.9 Å². The fraction of sp³-hybridized carbons (Fsp3) is 0.500. The van der Waals surface area contributed by atoms with Crippen molar-refractivity contribution in [2.45, 2.75) is 38.4 Å². The molecule has 1 saturated carbocycles. The number of piperazine rings is 1. The van der Waals surface area contributed by atoms with E-state index in [4.69, 9.17) is 0 Å². The summed E-state index contributed by atoms with van der Waals surface area (Å²) in [4.78, 5) is 30.3.